The van der Waals surface area contributed by atoms with Crippen LogP contribution in [-0.2, 0) is 27.4 Å². The maximum absolute atomic E-state index is 12.1. The molecule has 0 aliphatic carbocycles. The molecule has 1 heterocycles. The van der Waals surface area contributed by atoms with E-state index in [1.165, 1.54) is 7.11 Å². The number of methoxy groups -OCH3 is 1. The van der Waals surface area contributed by atoms with E-state index in [4.69, 9.17) is 9.47 Å². The molecule has 1 amide bonds. The number of rotatable bonds is 8. The van der Waals surface area contributed by atoms with Gasteiger partial charge in [0.1, 0.15) is 25.0 Å². The van der Waals surface area contributed by atoms with Crippen LogP contribution in [0.25, 0.3) is 0 Å². The molecule has 0 aromatic heterocycles. The Hall–Kier alpha value is -2.54. The van der Waals surface area contributed by atoms with Crippen molar-refractivity contribution in [1.29, 1.82) is 0 Å². The van der Waals surface area contributed by atoms with Gasteiger partial charge in [-0.2, -0.15) is 0 Å². The molecule has 0 radical (unpaired) electrons. The molecule has 0 bridgehead atoms. The normalized spacial score (nSPS) is 13.8. The largest absolute Gasteiger partial charge is 0.490 e. The van der Waals surface area contributed by atoms with Crippen molar-refractivity contribution < 1.29 is 23.8 Å². The van der Waals surface area contributed by atoms with Crippen LogP contribution in [0.2, 0.25) is 0 Å². The molecule has 7 nitrogen and oxygen atoms in total. The van der Waals surface area contributed by atoms with Crippen molar-refractivity contribution in [3.63, 3.8) is 0 Å². The predicted octanol–water partition coefficient (Wildman–Crippen LogP) is 1.85. The van der Waals surface area contributed by atoms with E-state index in [9.17, 15) is 9.59 Å². The summed E-state index contributed by atoms with van der Waals surface area (Å²) in [7, 11) is 1.33. The third-order valence-corrected chi connectivity index (χ3v) is 3.86. The summed E-state index contributed by atoms with van der Waals surface area (Å²) in [5, 5.41) is 2.93. The lowest BCUT2D eigenvalue weighted by molar-refractivity contribution is -0.142. The van der Waals surface area contributed by atoms with Gasteiger partial charge in [-0.3, -0.25) is 9.69 Å². The van der Waals surface area contributed by atoms with Gasteiger partial charge >= 0.3 is 12.1 Å². The molecule has 1 aliphatic rings. The fourth-order valence-electron chi connectivity index (χ4n) is 2.51. The number of hydrogen-bond donors (Lipinski definition) is 1. The minimum Gasteiger partial charge on any atom is -0.490 e. The number of benzene rings is 1. The predicted molar refractivity (Wildman–Crippen MR) is 92.2 cm³/mol. The quantitative estimate of drug-likeness (QED) is 0.439. The number of ether oxygens (including phenoxy) is 3. The van der Waals surface area contributed by atoms with Gasteiger partial charge in [0, 0.05) is 19.6 Å². The number of fused-ring (bicyclic) bond motifs is 1. The Balaban J connectivity index is 1.76. The second-order valence-electron chi connectivity index (χ2n) is 5.70. The maximum Gasteiger partial charge on any atom is 0.410 e. The Morgan fingerprint density at radius 3 is 2.84 bits per heavy atom. The fraction of sp³-hybridized carbons (Fsp3) is 0.444. The summed E-state index contributed by atoms with van der Waals surface area (Å²) in [6.07, 6.45) is 1.31. The fourth-order valence-corrected chi connectivity index (χ4v) is 2.51. The molecular weight excluding hydrogens is 324 g/mol. The minimum absolute atomic E-state index is 0.181. The smallest absolute Gasteiger partial charge is 0.410 e. The van der Waals surface area contributed by atoms with Gasteiger partial charge < -0.3 is 19.5 Å². The molecule has 0 saturated heterocycles. The first-order chi connectivity index (χ1) is 12.0. The number of nitrogens with zero attached hydrogens (tertiary/aromatic N) is 1. The number of nitrogens with one attached hydrogen (secondary N) is 1. The van der Waals surface area contributed by atoms with Gasteiger partial charge in [0.15, 0.2) is 0 Å². The van der Waals surface area contributed by atoms with Crippen LogP contribution in [-0.4, -0.2) is 49.9 Å². The Morgan fingerprint density at radius 1 is 1.36 bits per heavy atom. The first-order valence-corrected chi connectivity index (χ1v) is 8.13. The summed E-state index contributed by atoms with van der Waals surface area (Å²) in [5.74, 6) is 0.408. The van der Waals surface area contributed by atoms with Crippen LogP contribution in [0.4, 0.5) is 4.79 Å². The van der Waals surface area contributed by atoms with Crippen LogP contribution in [0.15, 0.2) is 30.9 Å². The molecule has 1 aliphatic heterocycles. The third-order valence-electron chi connectivity index (χ3n) is 3.86. The van der Waals surface area contributed by atoms with E-state index >= 15 is 0 Å². The van der Waals surface area contributed by atoms with E-state index in [2.05, 4.69) is 16.6 Å². The third kappa shape index (κ3) is 5.22. The van der Waals surface area contributed by atoms with E-state index in [0.29, 0.717) is 26.2 Å². The molecule has 1 N–H and O–H groups in total. The van der Waals surface area contributed by atoms with Gasteiger partial charge in [-0.05, 0) is 30.2 Å². The molecule has 0 saturated carbocycles. The number of esters is 1. The Bertz CT molecular complexity index is 632. The SMILES string of the molecule is C=CCOc1ccc2c(c1)CN(C(=O)OCCNC(C)C(=O)OC)C2. The summed E-state index contributed by atoms with van der Waals surface area (Å²) in [5.41, 5.74) is 2.14. The highest BCUT2D eigenvalue weighted by Crippen LogP contribution is 2.27. The molecule has 7 heteroatoms. The second kappa shape index (κ2) is 9.08. The van der Waals surface area contributed by atoms with Gasteiger partial charge in [-0.25, -0.2) is 4.79 Å². The van der Waals surface area contributed by atoms with Crippen LogP contribution in [0, 0.1) is 0 Å². The van der Waals surface area contributed by atoms with E-state index in [1.807, 2.05) is 18.2 Å². The number of carbonyl (C=O) groups excluding carboxylic acids is 2. The zero-order valence-corrected chi connectivity index (χ0v) is 14.6. The highest BCUT2D eigenvalue weighted by Gasteiger charge is 2.24. The van der Waals surface area contributed by atoms with Crippen molar-refractivity contribution in [2.75, 3.05) is 26.9 Å². The standard InChI is InChI=1S/C18H24N2O5/c1-4-8-24-16-6-5-14-11-20(12-15(14)10-16)18(22)25-9-7-19-13(2)17(21)23-3/h4-6,10,13,19H,1,7-9,11-12H2,2-3H3. The van der Waals surface area contributed by atoms with Crippen molar-refractivity contribution >= 4 is 12.1 Å². The summed E-state index contributed by atoms with van der Waals surface area (Å²) in [4.78, 5) is 25.0. The molecule has 0 spiro atoms. The molecule has 25 heavy (non-hydrogen) atoms. The van der Waals surface area contributed by atoms with Crippen LogP contribution < -0.4 is 10.1 Å². The lowest BCUT2D eigenvalue weighted by Crippen LogP contribution is -2.37. The van der Waals surface area contributed by atoms with E-state index in [1.54, 1.807) is 17.9 Å². The van der Waals surface area contributed by atoms with Gasteiger partial charge in [0.25, 0.3) is 0 Å². The van der Waals surface area contributed by atoms with Gasteiger partial charge in [-0.1, -0.05) is 18.7 Å². The lowest BCUT2D eigenvalue weighted by Gasteiger charge is -2.16. The maximum atomic E-state index is 12.1. The minimum atomic E-state index is -0.436. The molecule has 1 aromatic carbocycles. The topological polar surface area (TPSA) is 77.1 Å². The van der Waals surface area contributed by atoms with Gasteiger partial charge in [0.2, 0.25) is 0 Å². The summed E-state index contributed by atoms with van der Waals surface area (Å²) >= 11 is 0. The first kappa shape index (κ1) is 18.8. The van der Waals surface area contributed by atoms with Crippen molar-refractivity contribution in [1.82, 2.24) is 10.2 Å². The first-order valence-electron chi connectivity index (χ1n) is 8.13. The average molecular weight is 348 g/mol. The number of amides is 1. The van der Waals surface area contributed by atoms with Crippen LogP contribution >= 0.6 is 0 Å². The number of carbonyl (C=O) groups is 2. The molecular formula is C18H24N2O5. The van der Waals surface area contributed by atoms with Crippen molar-refractivity contribution in [2.45, 2.75) is 26.1 Å². The van der Waals surface area contributed by atoms with E-state index < -0.39 is 6.04 Å². The summed E-state index contributed by atoms with van der Waals surface area (Å²) in [6.45, 7) is 7.32. The zero-order valence-electron chi connectivity index (χ0n) is 14.6. The van der Waals surface area contributed by atoms with E-state index in [-0.39, 0.29) is 18.7 Å². The molecule has 0 fully saturated rings. The molecule has 2 rings (SSSR count). The Kier molecular flexibility index (Phi) is 6.82. The molecule has 1 atom stereocenters. The van der Waals surface area contributed by atoms with Gasteiger partial charge in [0.05, 0.1) is 7.11 Å². The van der Waals surface area contributed by atoms with Gasteiger partial charge in [-0.15, -0.1) is 0 Å². The van der Waals surface area contributed by atoms with Crippen LogP contribution in [0.1, 0.15) is 18.1 Å². The Labute approximate surface area is 147 Å². The summed E-state index contributed by atoms with van der Waals surface area (Å²) in [6, 6.07) is 5.34. The average Bonchev–Trinajstić information content (AvgIpc) is 3.05. The zero-order chi connectivity index (χ0) is 18.2. The monoisotopic (exact) mass is 348 g/mol. The molecule has 1 aromatic rings. The number of hydrogen-bond acceptors (Lipinski definition) is 6. The molecule has 1 unspecified atom stereocenters. The van der Waals surface area contributed by atoms with Crippen LogP contribution in [0.3, 0.4) is 0 Å². The van der Waals surface area contributed by atoms with Crippen molar-refractivity contribution in [3.05, 3.63) is 42.0 Å². The van der Waals surface area contributed by atoms with Crippen LogP contribution in [0.5, 0.6) is 5.75 Å². The second-order valence-corrected chi connectivity index (χ2v) is 5.70. The Morgan fingerprint density at radius 2 is 2.12 bits per heavy atom. The van der Waals surface area contributed by atoms with Crippen molar-refractivity contribution in [2.24, 2.45) is 0 Å². The van der Waals surface area contributed by atoms with E-state index in [0.717, 1.165) is 16.9 Å². The van der Waals surface area contributed by atoms with Crippen molar-refractivity contribution in [3.8, 4) is 5.75 Å². The lowest BCUT2D eigenvalue weighted by atomic mass is 10.1. The highest BCUT2D eigenvalue weighted by molar-refractivity contribution is 5.75. The highest BCUT2D eigenvalue weighted by atomic mass is 16.6. The molecule has 136 valence electrons. The summed E-state index contributed by atoms with van der Waals surface area (Å²) < 4.78 is 15.4.